The number of aryl methyl sites for hydroxylation is 1. The van der Waals surface area contributed by atoms with Crippen molar-refractivity contribution < 1.29 is 9.21 Å². The van der Waals surface area contributed by atoms with Crippen LogP contribution in [0.25, 0.3) is 11.5 Å². The first-order valence-corrected chi connectivity index (χ1v) is 8.90. The van der Waals surface area contributed by atoms with Crippen molar-refractivity contribution in [1.29, 1.82) is 0 Å². The van der Waals surface area contributed by atoms with Crippen LogP contribution in [-0.2, 0) is 6.42 Å². The molecule has 1 aromatic carbocycles. The molecule has 8 nitrogen and oxygen atoms in total. The second-order valence-electron chi connectivity index (χ2n) is 5.86. The minimum absolute atomic E-state index is 0.251. The predicted octanol–water partition coefficient (Wildman–Crippen LogP) is 2.93. The topological polar surface area (TPSA) is 96.2 Å². The van der Waals surface area contributed by atoms with Gasteiger partial charge in [-0.05, 0) is 31.2 Å². The molecule has 2 aromatic heterocycles. The Morgan fingerprint density at radius 3 is 2.62 bits per heavy atom. The molecule has 0 radical (unpaired) electrons. The molecular weight excluding hydrogens is 352 g/mol. The molecule has 0 fully saturated rings. The lowest BCUT2D eigenvalue weighted by Gasteiger charge is -2.07. The average Bonchev–Trinajstić information content (AvgIpc) is 3.25. The molecule has 2 heterocycles. The van der Waals surface area contributed by atoms with Crippen molar-refractivity contribution in [1.82, 2.24) is 20.5 Å². The number of carbonyl (C=O) groups excluding carboxylic acids is 1. The third kappa shape index (κ3) is 4.57. The summed E-state index contributed by atoms with van der Waals surface area (Å²) in [5.41, 5.74) is 1.47. The third-order valence-electron chi connectivity index (χ3n) is 3.48. The second kappa shape index (κ2) is 7.96. The Hall–Kier alpha value is -2.94. The largest absolute Gasteiger partial charge is 0.403 e. The van der Waals surface area contributed by atoms with Crippen LogP contribution in [0.2, 0.25) is 0 Å². The lowest BCUT2D eigenvalue weighted by Crippen LogP contribution is -2.30. The number of amides is 2. The fourth-order valence-corrected chi connectivity index (χ4v) is 2.97. The molecule has 0 spiro atoms. The third-order valence-corrected chi connectivity index (χ3v) is 4.45. The van der Waals surface area contributed by atoms with E-state index in [1.165, 1.54) is 4.88 Å². The van der Waals surface area contributed by atoms with Crippen molar-refractivity contribution in [3.63, 3.8) is 0 Å². The molecule has 3 aromatic rings. The monoisotopic (exact) mass is 372 g/mol. The van der Waals surface area contributed by atoms with Crippen molar-refractivity contribution in [2.45, 2.75) is 13.3 Å². The fraction of sp³-hybridized carbons (Fsp3) is 0.294. The lowest BCUT2D eigenvalue weighted by atomic mass is 10.2. The predicted molar refractivity (Wildman–Crippen MR) is 102 cm³/mol. The van der Waals surface area contributed by atoms with Gasteiger partial charge in [-0.25, -0.2) is 9.78 Å². The van der Waals surface area contributed by atoms with Crippen LogP contribution in [0.15, 0.2) is 34.9 Å². The van der Waals surface area contributed by atoms with Crippen molar-refractivity contribution in [3.05, 3.63) is 40.3 Å². The van der Waals surface area contributed by atoms with Crippen LogP contribution < -0.4 is 15.5 Å². The van der Waals surface area contributed by atoms with E-state index < -0.39 is 0 Å². The zero-order chi connectivity index (χ0) is 18.5. The summed E-state index contributed by atoms with van der Waals surface area (Å²) >= 11 is 1.64. The number of nitrogens with one attached hydrogen (secondary N) is 2. The summed E-state index contributed by atoms with van der Waals surface area (Å²) in [5.74, 6) is 0.434. The van der Waals surface area contributed by atoms with E-state index in [1.807, 2.05) is 39.3 Å². The van der Waals surface area contributed by atoms with E-state index in [1.54, 1.807) is 28.4 Å². The molecule has 3 rings (SSSR count). The number of rotatable bonds is 6. The number of aromatic nitrogens is 3. The van der Waals surface area contributed by atoms with Gasteiger partial charge in [-0.15, -0.1) is 16.4 Å². The minimum atomic E-state index is -0.251. The molecule has 2 amide bonds. The van der Waals surface area contributed by atoms with Crippen molar-refractivity contribution >= 4 is 29.1 Å². The van der Waals surface area contributed by atoms with Gasteiger partial charge in [0.05, 0.1) is 5.01 Å². The average molecular weight is 372 g/mol. The lowest BCUT2D eigenvalue weighted by molar-refractivity contribution is 0.252. The maximum atomic E-state index is 12.0. The van der Waals surface area contributed by atoms with E-state index in [9.17, 15) is 4.79 Å². The number of hydrogen-bond donors (Lipinski definition) is 2. The van der Waals surface area contributed by atoms with Crippen LogP contribution >= 0.6 is 11.3 Å². The van der Waals surface area contributed by atoms with Crippen LogP contribution in [0.5, 0.6) is 0 Å². The Morgan fingerprint density at radius 2 is 2.00 bits per heavy atom. The van der Waals surface area contributed by atoms with Gasteiger partial charge < -0.3 is 20.0 Å². The number of nitrogens with zero attached hydrogens (tertiary/aromatic N) is 4. The van der Waals surface area contributed by atoms with E-state index in [-0.39, 0.29) is 6.03 Å². The maximum absolute atomic E-state index is 12.0. The molecule has 0 bridgehead atoms. The number of hydrogen-bond acceptors (Lipinski definition) is 7. The summed E-state index contributed by atoms with van der Waals surface area (Å²) in [7, 11) is 3.66. The molecule has 0 aliphatic rings. The molecule has 2 N–H and O–H groups in total. The molecule has 0 aliphatic heterocycles. The quantitative estimate of drug-likeness (QED) is 0.691. The SMILES string of the molecule is Cc1cnc(CCNC(=O)Nc2ccc(-c3nnc(N(C)C)o3)cc2)s1. The fourth-order valence-electron chi connectivity index (χ4n) is 2.18. The molecule has 0 atom stereocenters. The zero-order valence-electron chi connectivity index (χ0n) is 14.8. The first-order valence-electron chi connectivity index (χ1n) is 8.08. The number of benzene rings is 1. The van der Waals surface area contributed by atoms with Gasteiger partial charge in [0.1, 0.15) is 0 Å². The van der Waals surface area contributed by atoms with Gasteiger partial charge in [0.2, 0.25) is 5.89 Å². The van der Waals surface area contributed by atoms with Crippen LogP contribution in [-0.4, -0.2) is 41.9 Å². The number of urea groups is 1. The van der Waals surface area contributed by atoms with Gasteiger partial charge in [-0.3, -0.25) is 0 Å². The van der Waals surface area contributed by atoms with Crippen LogP contribution in [0.1, 0.15) is 9.88 Å². The van der Waals surface area contributed by atoms with E-state index in [0.717, 1.165) is 17.0 Å². The smallest absolute Gasteiger partial charge is 0.319 e. The highest BCUT2D eigenvalue weighted by Gasteiger charge is 2.10. The normalized spacial score (nSPS) is 10.6. The number of thiazole rings is 1. The van der Waals surface area contributed by atoms with E-state index in [4.69, 9.17) is 4.42 Å². The first kappa shape index (κ1) is 17.9. The number of carbonyl (C=O) groups is 1. The summed E-state index contributed by atoms with van der Waals surface area (Å²) in [5, 5.41) is 14.6. The highest BCUT2D eigenvalue weighted by Crippen LogP contribution is 2.22. The summed E-state index contributed by atoms with van der Waals surface area (Å²) in [4.78, 5) is 19.1. The second-order valence-corrected chi connectivity index (χ2v) is 7.18. The Labute approximate surface area is 155 Å². The van der Waals surface area contributed by atoms with E-state index in [0.29, 0.717) is 24.1 Å². The van der Waals surface area contributed by atoms with Crippen molar-refractivity contribution in [2.75, 3.05) is 30.9 Å². The summed E-state index contributed by atoms with van der Waals surface area (Å²) in [6, 6.07) is 7.41. The van der Waals surface area contributed by atoms with Crippen molar-refractivity contribution in [2.24, 2.45) is 0 Å². The van der Waals surface area contributed by atoms with Gasteiger partial charge in [-0.1, -0.05) is 5.10 Å². The highest BCUT2D eigenvalue weighted by atomic mass is 32.1. The van der Waals surface area contributed by atoms with Gasteiger partial charge in [0, 0.05) is 49.4 Å². The number of anilines is 2. The van der Waals surface area contributed by atoms with Gasteiger partial charge in [-0.2, -0.15) is 0 Å². The first-order chi connectivity index (χ1) is 12.5. The Kier molecular flexibility index (Phi) is 5.47. The Morgan fingerprint density at radius 1 is 1.23 bits per heavy atom. The van der Waals surface area contributed by atoms with Crippen molar-refractivity contribution in [3.8, 4) is 11.5 Å². The summed E-state index contributed by atoms with van der Waals surface area (Å²) in [6.07, 6.45) is 2.56. The van der Waals surface area contributed by atoms with Gasteiger partial charge in [0.15, 0.2) is 0 Å². The molecule has 26 heavy (non-hydrogen) atoms. The van der Waals surface area contributed by atoms with E-state index in [2.05, 4.69) is 25.8 Å². The zero-order valence-corrected chi connectivity index (χ0v) is 15.6. The molecule has 0 saturated carbocycles. The Bertz CT molecular complexity index is 872. The Balaban J connectivity index is 1.50. The van der Waals surface area contributed by atoms with Gasteiger partial charge in [0.25, 0.3) is 0 Å². The maximum Gasteiger partial charge on any atom is 0.319 e. The minimum Gasteiger partial charge on any atom is -0.403 e. The molecule has 0 aliphatic carbocycles. The molecule has 136 valence electrons. The molecule has 0 saturated heterocycles. The van der Waals surface area contributed by atoms with Crippen LogP contribution in [0.3, 0.4) is 0 Å². The molecular formula is C17H20N6O2S. The molecule has 0 unspecified atom stereocenters. The highest BCUT2D eigenvalue weighted by molar-refractivity contribution is 7.11. The van der Waals surface area contributed by atoms with Crippen LogP contribution in [0, 0.1) is 6.92 Å². The summed E-state index contributed by atoms with van der Waals surface area (Å²) < 4.78 is 5.55. The standard InChI is InChI=1S/C17H20N6O2S/c1-11-10-19-14(26-11)8-9-18-16(24)20-13-6-4-12(5-7-13)15-21-22-17(25-15)23(2)3/h4-7,10H,8-9H2,1-3H3,(H2,18,20,24). The molecule has 9 heteroatoms. The van der Waals surface area contributed by atoms with Gasteiger partial charge >= 0.3 is 12.0 Å². The van der Waals surface area contributed by atoms with E-state index >= 15 is 0 Å². The van der Waals surface area contributed by atoms with Crippen LogP contribution in [0.4, 0.5) is 16.5 Å². The summed E-state index contributed by atoms with van der Waals surface area (Å²) in [6.45, 7) is 2.55.